The van der Waals surface area contributed by atoms with Gasteiger partial charge in [0, 0.05) is 37.8 Å². The van der Waals surface area contributed by atoms with Crippen LogP contribution in [-0.4, -0.2) is 32.1 Å². The second-order valence-corrected chi connectivity index (χ2v) is 10.9. The van der Waals surface area contributed by atoms with E-state index < -0.39 is 11.6 Å². The lowest BCUT2D eigenvalue weighted by Gasteiger charge is -2.41. The standard InChI is InChI=1S/C13H22F2N2Si2/c1-18-13(19-2)3-5-17(6-4-13)12-10(14)7-9(16)8-11(12)15/h7-8H,3-6,16,18-19H2,1-2H3. The Morgan fingerprint density at radius 2 is 1.58 bits per heavy atom. The Balaban J connectivity index is 2.18. The maximum Gasteiger partial charge on any atom is 0.151 e. The van der Waals surface area contributed by atoms with Gasteiger partial charge in [-0.2, -0.15) is 0 Å². The number of nitrogens with two attached hydrogens (primary N) is 1. The quantitative estimate of drug-likeness (QED) is 0.680. The molecular formula is C13H22F2N2Si2. The van der Waals surface area contributed by atoms with Gasteiger partial charge in [0.1, 0.15) is 5.69 Å². The lowest BCUT2D eigenvalue weighted by Crippen LogP contribution is -2.41. The molecule has 0 bridgehead atoms. The van der Waals surface area contributed by atoms with E-state index in [0.717, 1.165) is 25.9 Å². The normalized spacial score (nSPS) is 19.9. The molecule has 0 radical (unpaired) electrons. The summed E-state index contributed by atoms with van der Waals surface area (Å²) < 4.78 is 28.4. The van der Waals surface area contributed by atoms with Crippen molar-refractivity contribution < 1.29 is 8.78 Å². The molecule has 1 saturated heterocycles. The minimum absolute atomic E-state index is 0.0394. The minimum Gasteiger partial charge on any atom is -0.399 e. The Morgan fingerprint density at radius 1 is 1.11 bits per heavy atom. The third-order valence-corrected chi connectivity index (χ3v) is 12.1. The fraction of sp³-hybridized carbons (Fsp3) is 0.538. The van der Waals surface area contributed by atoms with E-state index in [1.807, 2.05) is 4.90 Å². The highest BCUT2D eigenvalue weighted by Crippen LogP contribution is 2.39. The highest BCUT2D eigenvalue weighted by molar-refractivity contribution is 6.60. The molecule has 0 spiro atoms. The van der Waals surface area contributed by atoms with Crippen LogP contribution >= 0.6 is 0 Å². The van der Waals surface area contributed by atoms with Crippen LogP contribution in [0.4, 0.5) is 20.2 Å². The summed E-state index contributed by atoms with van der Waals surface area (Å²) >= 11 is 0. The minimum atomic E-state index is -0.535. The Kier molecular flexibility index (Phi) is 4.30. The van der Waals surface area contributed by atoms with Crippen LogP contribution in [0.3, 0.4) is 0 Å². The summed E-state index contributed by atoms with van der Waals surface area (Å²) in [5, 5.41) is 0. The Hall–Kier alpha value is -0.886. The van der Waals surface area contributed by atoms with Crippen molar-refractivity contribution in [2.24, 2.45) is 0 Å². The second kappa shape index (κ2) is 5.62. The Morgan fingerprint density at radius 3 is 2.00 bits per heavy atom. The maximum atomic E-state index is 13.9. The van der Waals surface area contributed by atoms with Crippen molar-refractivity contribution in [1.29, 1.82) is 0 Å². The monoisotopic (exact) mass is 300 g/mol. The molecule has 6 heteroatoms. The van der Waals surface area contributed by atoms with Gasteiger partial charge in [0.2, 0.25) is 0 Å². The van der Waals surface area contributed by atoms with E-state index >= 15 is 0 Å². The van der Waals surface area contributed by atoms with Gasteiger partial charge in [-0.25, -0.2) is 8.78 Å². The summed E-state index contributed by atoms with van der Waals surface area (Å²) in [5.41, 5.74) is 5.71. The van der Waals surface area contributed by atoms with Gasteiger partial charge in [-0.15, -0.1) is 0 Å². The summed E-state index contributed by atoms with van der Waals surface area (Å²) in [7, 11) is -0.0788. The van der Waals surface area contributed by atoms with Gasteiger partial charge in [-0.3, -0.25) is 0 Å². The van der Waals surface area contributed by atoms with Crippen molar-refractivity contribution >= 4 is 30.4 Å². The predicted molar refractivity (Wildman–Crippen MR) is 83.7 cm³/mol. The zero-order chi connectivity index (χ0) is 14.0. The Labute approximate surface area is 118 Å². The highest BCUT2D eigenvalue weighted by atomic mass is 28.3. The zero-order valence-corrected chi connectivity index (χ0v) is 14.5. The second-order valence-electron chi connectivity index (χ2n) is 5.53. The van der Waals surface area contributed by atoms with Crippen LogP contribution in [0.1, 0.15) is 12.8 Å². The number of rotatable bonds is 3. The fourth-order valence-electron chi connectivity index (χ4n) is 3.05. The molecule has 2 nitrogen and oxygen atoms in total. The molecule has 106 valence electrons. The number of halogens is 2. The van der Waals surface area contributed by atoms with Crippen LogP contribution in [0.5, 0.6) is 0 Å². The number of nitrogen functional groups attached to an aromatic ring is 1. The first-order chi connectivity index (χ1) is 9.01. The van der Waals surface area contributed by atoms with Crippen LogP contribution in [0.15, 0.2) is 12.1 Å². The first-order valence-corrected chi connectivity index (χ1v) is 11.2. The van der Waals surface area contributed by atoms with Crippen LogP contribution < -0.4 is 10.6 Å². The number of hydrogen-bond donors (Lipinski definition) is 1. The van der Waals surface area contributed by atoms with Gasteiger partial charge in [-0.05, 0) is 29.6 Å². The van der Waals surface area contributed by atoms with Crippen molar-refractivity contribution in [3.63, 3.8) is 0 Å². The first-order valence-electron chi connectivity index (χ1n) is 7.01. The molecule has 1 aliphatic rings. The van der Waals surface area contributed by atoms with E-state index in [-0.39, 0.29) is 30.4 Å². The molecule has 1 fully saturated rings. The zero-order valence-electron chi connectivity index (χ0n) is 11.7. The molecule has 2 rings (SSSR count). The van der Waals surface area contributed by atoms with E-state index in [2.05, 4.69) is 13.1 Å². The molecule has 0 atom stereocenters. The lowest BCUT2D eigenvalue weighted by molar-refractivity contribution is 0.503. The van der Waals surface area contributed by atoms with Crippen molar-refractivity contribution in [3.8, 4) is 0 Å². The van der Waals surface area contributed by atoms with Crippen molar-refractivity contribution in [2.75, 3.05) is 23.7 Å². The predicted octanol–water partition coefficient (Wildman–Crippen LogP) is 1.70. The van der Waals surface area contributed by atoms with Crippen LogP contribution in [0.2, 0.25) is 17.8 Å². The van der Waals surface area contributed by atoms with E-state index in [1.54, 1.807) is 0 Å². The molecule has 0 unspecified atom stereocenters. The summed E-state index contributed by atoms with van der Waals surface area (Å²) in [6.45, 7) is 6.30. The van der Waals surface area contributed by atoms with Crippen molar-refractivity contribution in [3.05, 3.63) is 23.8 Å². The average Bonchev–Trinajstić information content (AvgIpc) is 2.39. The van der Waals surface area contributed by atoms with Gasteiger partial charge >= 0.3 is 0 Å². The summed E-state index contributed by atoms with van der Waals surface area (Å²) in [6, 6.07) is 2.42. The summed E-state index contributed by atoms with van der Waals surface area (Å²) in [6.07, 6.45) is 2.23. The number of piperidine rings is 1. The topological polar surface area (TPSA) is 29.3 Å². The third-order valence-electron chi connectivity index (χ3n) is 4.68. The molecule has 1 heterocycles. The first kappa shape index (κ1) is 14.5. The van der Waals surface area contributed by atoms with E-state index in [4.69, 9.17) is 5.73 Å². The Bertz CT molecular complexity index is 431. The molecule has 0 aromatic heterocycles. The van der Waals surface area contributed by atoms with Gasteiger partial charge in [0.15, 0.2) is 11.6 Å². The van der Waals surface area contributed by atoms with Gasteiger partial charge < -0.3 is 10.6 Å². The summed E-state index contributed by atoms with van der Waals surface area (Å²) in [4.78, 5) is 1.86. The molecule has 1 aromatic carbocycles. The third kappa shape index (κ3) is 2.84. The lowest BCUT2D eigenvalue weighted by atomic mass is 10.1. The summed E-state index contributed by atoms with van der Waals surface area (Å²) in [5.74, 6) is -1.07. The molecular weight excluding hydrogens is 278 g/mol. The molecule has 19 heavy (non-hydrogen) atoms. The fourth-order valence-corrected chi connectivity index (χ4v) is 7.10. The molecule has 1 aromatic rings. The molecule has 1 aliphatic heterocycles. The molecule has 0 saturated carbocycles. The maximum absolute atomic E-state index is 13.9. The van der Waals surface area contributed by atoms with E-state index in [1.165, 1.54) is 12.1 Å². The molecule has 0 aliphatic carbocycles. The van der Waals surface area contributed by atoms with Crippen LogP contribution in [0, 0.1) is 11.6 Å². The highest BCUT2D eigenvalue weighted by Gasteiger charge is 2.33. The van der Waals surface area contributed by atoms with E-state index in [0.29, 0.717) is 4.66 Å². The van der Waals surface area contributed by atoms with Crippen molar-refractivity contribution in [1.82, 2.24) is 0 Å². The number of benzene rings is 1. The largest absolute Gasteiger partial charge is 0.399 e. The SMILES string of the molecule is C[SiH2]C1([SiH2]C)CCN(c2c(F)cc(N)cc2F)CC1. The van der Waals surface area contributed by atoms with Crippen LogP contribution in [0.25, 0.3) is 0 Å². The molecule has 0 amide bonds. The average molecular weight is 301 g/mol. The van der Waals surface area contributed by atoms with Gasteiger partial charge in [-0.1, -0.05) is 13.1 Å². The number of hydrogen-bond acceptors (Lipinski definition) is 2. The molecule has 2 N–H and O–H groups in total. The van der Waals surface area contributed by atoms with Crippen LogP contribution in [-0.2, 0) is 0 Å². The van der Waals surface area contributed by atoms with Gasteiger partial charge in [0.05, 0.1) is 0 Å². The smallest absolute Gasteiger partial charge is 0.151 e. The van der Waals surface area contributed by atoms with E-state index in [9.17, 15) is 8.78 Å². The van der Waals surface area contributed by atoms with Crippen molar-refractivity contribution in [2.45, 2.75) is 30.6 Å². The number of nitrogens with zero attached hydrogens (tertiary/aromatic N) is 1. The van der Waals surface area contributed by atoms with Gasteiger partial charge in [0.25, 0.3) is 0 Å². The number of anilines is 2.